The summed E-state index contributed by atoms with van der Waals surface area (Å²) in [5.41, 5.74) is 0.949. The van der Waals surface area contributed by atoms with Crippen molar-refractivity contribution in [1.82, 2.24) is 24.6 Å². The molecule has 0 aromatic carbocycles. The van der Waals surface area contributed by atoms with Crippen LogP contribution in [0.4, 0.5) is 0 Å². The van der Waals surface area contributed by atoms with Crippen molar-refractivity contribution < 1.29 is 4.79 Å². The first-order chi connectivity index (χ1) is 9.77. The van der Waals surface area contributed by atoms with Crippen molar-refractivity contribution in [1.29, 1.82) is 0 Å². The largest absolute Gasteiger partial charge is 0.331 e. The summed E-state index contributed by atoms with van der Waals surface area (Å²) in [6.45, 7) is 2.76. The molecule has 102 valence electrons. The molecule has 0 N–H and O–H groups in total. The first-order valence-corrected chi connectivity index (χ1v) is 6.93. The van der Waals surface area contributed by atoms with Gasteiger partial charge in [-0.2, -0.15) is 0 Å². The van der Waals surface area contributed by atoms with Gasteiger partial charge in [0, 0.05) is 24.5 Å². The lowest BCUT2D eigenvalue weighted by Gasteiger charge is -2.34. The van der Waals surface area contributed by atoms with Crippen LogP contribution in [0.5, 0.6) is 0 Å². The van der Waals surface area contributed by atoms with Crippen LogP contribution in [0.2, 0.25) is 0 Å². The van der Waals surface area contributed by atoms with Gasteiger partial charge in [0.15, 0.2) is 11.6 Å². The van der Waals surface area contributed by atoms with Crippen molar-refractivity contribution in [3.05, 3.63) is 30.4 Å². The Balaban J connectivity index is 1.89. The SMILES string of the molecule is C[C@H]1C(=O)N2CCC[C@@H]2c2nnc(-c3ccncc3)n21. The van der Waals surface area contributed by atoms with Gasteiger partial charge < -0.3 is 4.90 Å². The van der Waals surface area contributed by atoms with Gasteiger partial charge in [0.05, 0.1) is 6.04 Å². The molecular weight excluding hydrogens is 254 g/mol. The minimum atomic E-state index is -0.238. The van der Waals surface area contributed by atoms with Gasteiger partial charge in [-0.1, -0.05) is 0 Å². The molecule has 2 aromatic heterocycles. The second kappa shape index (κ2) is 4.13. The van der Waals surface area contributed by atoms with Crippen molar-refractivity contribution in [3.8, 4) is 11.4 Å². The van der Waals surface area contributed by atoms with Crippen molar-refractivity contribution in [2.24, 2.45) is 0 Å². The van der Waals surface area contributed by atoms with Crippen LogP contribution >= 0.6 is 0 Å². The molecule has 2 atom stereocenters. The van der Waals surface area contributed by atoms with E-state index in [9.17, 15) is 4.79 Å². The molecule has 0 unspecified atom stereocenters. The van der Waals surface area contributed by atoms with E-state index in [0.29, 0.717) is 0 Å². The number of aromatic nitrogens is 4. The van der Waals surface area contributed by atoms with E-state index in [0.717, 1.165) is 36.6 Å². The van der Waals surface area contributed by atoms with Gasteiger partial charge in [-0.15, -0.1) is 10.2 Å². The second-order valence-electron chi connectivity index (χ2n) is 5.35. The summed E-state index contributed by atoms with van der Waals surface area (Å²) in [4.78, 5) is 18.5. The van der Waals surface area contributed by atoms with Gasteiger partial charge >= 0.3 is 0 Å². The average Bonchev–Trinajstić information content (AvgIpc) is 3.12. The first-order valence-electron chi connectivity index (χ1n) is 6.93. The first kappa shape index (κ1) is 11.6. The van der Waals surface area contributed by atoms with Crippen LogP contribution in [0.1, 0.15) is 37.7 Å². The third-order valence-electron chi connectivity index (χ3n) is 4.24. The van der Waals surface area contributed by atoms with Gasteiger partial charge in [0.2, 0.25) is 5.91 Å². The standard InChI is InChI=1S/C14H15N5O/c1-9-14(20)18-8-2-3-11(18)13-17-16-12(19(9)13)10-4-6-15-7-5-10/h4-7,9,11H,2-3,8H2,1H3/t9-,11+/m0/s1. The highest BCUT2D eigenvalue weighted by Crippen LogP contribution is 2.39. The summed E-state index contributed by atoms with van der Waals surface area (Å²) >= 11 is 0. The lowest BCUT2D eigenvalue weighted by atomic mass is 10.1. The number of amides is 1. The molecule has 2 aliphatic heterocycles. The Kier molecular flexibility index (Phi) is 2.39. The predicted molar refractivity (Wildman–Crippen MR) is 71.7 cm³/mol. The topological polar surface area (TPSA) is 63.9 Å². The maximum Gasteiger partial charge on any atom is 0.246 e. The smallest absolute Gasteiger partial charge is 0.246 e. The Morgan fingerprint density at radius 1 is 1.25 bits per heavy atom. The van der Waals surface area contributed by atoms with Gasteiger partial charge in [-0.3, -0.25) is 14.3 Å². The van der Waals surface area contributed by atoms with Crippen LogP contribution in [0, 0.1) is 0 Å². The molecule has 0 spiro atoms. The Morgan fingerprint density at radius 3 is 2.85 bits per heavy atom. The number of hydrogen-bond acceptors (Lipinski definition) is 4. The van der Waals surface area contributed by atoms with Crippen LogP contribution in [-0.4, -0.2) is 37.1 Å². The van der Waals surface area contributed by atoms with Crippen molar-refractivity contribution in [2.45, 2.75) is 31.8 Å². The molecule has 6 nitrogen and oxygen atoms in total. The van der Waals surface area contributed by atoms with E-state index in [-0.39, 0.29) is 18.0 Å². The fourth-order valence-corrected chi connectivity index (χ4v) is 3.26. The number of carbonyl (C=O) groups excluding carboxylic acids is 1. The van der Waals surface area contributed by atoms with Crippen LogP contribution in [0.15, 0.2) is 24.5 Å². The highest BCUT2D eigenvalue weighted by molar-refractivity contribution is 5.83. The second-order valence-corrected chi connectivity index (χ2v) is 5.35. The van der Waals surface area contributed by atoms with E-state index in [1.165, 1.54) is 0 Å². The highest BCUT2D eigenvalue weighted by Gasteiger charge is 2.42. The molecule has 4 heterocycles. The summed E-state index contributed by atoms with van der Waals surface area (Å²) < 4.78 is 1.99. The molecule has 6 heteroatoms. The van der Waals surface area contributed by atoms with E-state index in [1.54, 1.807) is 12.4 Å². The zero-order valence-electron chi connectivity index (χ0n) is 11.2. The van der Waals surface area contributed by atoms with Crippen LogP contribution < -0.4 is 0 Å². The Hall–Kier alpha value is -2.24. The molecule has 4 rings (SSSR count). The summed E-state index contributed by atoms with van der Waals surface area (Å²) in [5.74, 6) is 1.85. The van der Waals surface area contributed by atoms with Crippen LogP contribution in [-0.2, 0) is 4.79 Å². The number of fused-ring (bicyclic) bond motifs is 3. The van der Waals surface area contributed by atoms with Gasteiger partial charge in [-0.25, -0.2) is 0 Å². The number of carbonyl (C=O) groups is 1. The molecule has 2 aromatic rings. The third kappa shape index (κ3) is 1.44. The Morgan fingerprint density at radius 2 is 2.05 bits per heavy atom. The molecule has 1 amide bonds. The van der Waals surface area contributed by atoms with E-state index in [4.69, 9.17) is 0 Å². The molecular formula is C14H15N5O. The van der Waals surface area contributed by atoms with Crippen LogP contribution in [0.3, 0.4) is 0 Å². The third-order valence-corrected chi connectivity index (χ3v) is 4.24. The predicted octanol–water partition coefficient (Wildman–Crippen LogP) is 1.58. The lowest BCUT2D eigenvalue weighted by molar-refractivity contribution is -0.137. The zero-order valence-corrected chi connectivity index (χ0v) is 11.2. The zero-order chi connectivity index (χ0) is 13.7. The number of nitrogens with zero attached hydrogens (tertiary/aromatic N) is 5. The quantitative estimate of drug-likeness (QED) is 0.788. The summed E-state index contributed by atoms with van der Waals surface area (Å²) in [5, 5.41) is 8.68. The maximum atomic E-state index is 12.5. The number of hydrogen-bond donors (Lipinski definition) is 0. The summed E-state index contributed by atoms with van der Waals surface area (Å²) in [6, 6.07) is 3.66. The summed E-state index contributed by atoms with van der Waals surface area (Å²) in [7, 11) is 0. The monoisotopic (exact) mass is 269 g/mol. The fraction of sp³-hybridized carbons (Fsp3) is 0.429. The molecule has 0 aliphatic carbocycles. The van der Waals surface area contributed by atoms with E-state index in [1.807, 2.05) is 28.5 Å². The number of rotatable bonds is 1. The van der Waals surface area contributed by atoms with Gasteiger partial charge in [-0.05, 0) is 31.9 Å². The van der Waals surface area contributed by atoms with Gasteiger partial charge in [0.1, 0.15) is 6.04 Å². The molecule has 20 heavy (non-hydrogen) atoms. The molecule has 1 saturated heterocycles. The molecule has 2 aliphatic rings. The molecule has 0 radical (unpaired) electrons. The minimum absolute atomic E-state index is 0.0989. The average molecular weight is 269 g/mol. The normalized spacial score (nSPS) is 24.6. The Labute approximate surface area is 116 Å². The minimum Gasteiger partial charge on any atom is -0.331 e. The van der Waals surface area contributed by atoms with Crippen molar-refractivity contribution in [2.75, 3.05) is 6.54 Å². The van der Waals surface area contributed by atoms with Gasteiger partial charge in [0.25, 0.3) is 0 Å². The highest BCUT2D eigenvalue weighted by atomic mass is 16.2. The molecule has 0 saturated carbocycles. The van der Waals surface area contributed by atoms with E-state index in [2.05, 4.69) is 15.2 Å². The van der Waals surface area contributed by atoms with Crippen molar-refractivity contribution in [3.63, 3.8) is 0 Å². The van der Waals surface area contributed by atoms with E-state index >= 15 is 0 Å². The maximum absolute atomic E-state index is 12.5. The lowest BCUT2D eigenvalue weighted by Crippen LogP contribution is -2.42. The van der Waals surface area contributed by atoms with Crippen LogP contribution in [0.25, 0.3) is 11.4 Å². The molecule has 1 fully saturated rings. The Bertz CT molecular complexity index is 665. The number of pyridine rings is 1. The van der Waals surface area contributed by atoms with E-state index < -0.39 is 0 Å². The van der Waals surface area contributed by atoms with Crippen molar-refractivity contribution >= 4 is 5.91 Å². The summed E-state index contributed by atoms with van der Waals surface area (Å²) in [6.07, 6.45) is 5.48. The molecule has 0 bridgehead atoms. The fourth-order valence-electron chi connectivity index (χ4n) is 3.26.